The van der Waals surface area contributed by atoms with Crippen LogP contribution in [0.2, 0.25) is 0 Å². The minimum Gasteiger partial charge on any atom is -0.382 e. The summed E-state index contributed by atoms with van der Waals surface area (Å²) in [6.45, 7) is 1.45. The quantitative estimate of drug-likeness (QED) is 0.754. The van der Waals surface area contributed by atoms with Crippen LogP contribution < -0.4 is 11.1 Å². The lowest BCUT2D eigenvalue weighted by atomic mass is 10.2. The second-order valence-corrected chi connectivity index (χ2v) is 3.86. The molecule has 14 heavy (non-hydrogen) atoms. The molecule has 0 saturated carbocycles. The van der Waals surface area contributed by atoms with Crippen LogP contribution in [0, 0.1) is 11.3 Å². The second kappa shape index (κ2) is 3.82. The lowest BCUT2D eigenvalue weighted by Gasteiger charge is -2.09. The van der Waals surface area contributed by atoms with Gasteiger partial charge in [-0.05, 0) is 18.0 Å². The summed E-state index contributed by atoms with van der Waals surface area (Å²) in [5.74, 6) is 0.305. The summed E-state index contributed by atoms with van der Waals surface area (Å²) in [6.07, 6.45) is 0.961. The molecule has 1 aromatic rings. The van der Waals surface area contributed by atoms with Crippen molar-refractivity contribution in [2.45, 2.75) is 12.5 Å². The highest BCUT2D eigenvalue weighted by molar-refractivity contribution is 7.10. The number of nitriles is 1. The van der Waals surface area contributed by atoms with E-state index in [2.05, 4.69) is 9.69 Å². The SMILES string of the molecule is N#Cc1c(N)nsc1NC1CCOC1. The Bertz CT molecular complexity index is 364. The van der Waals surface area contributed by atoms with E-state index in [1.165, 1.54) is 11.5 Å². The van der Waals surface area contributed by atoms with Gasteiger partial charge in [0.05, 0.1) is 12.6 Å². The Morgan fingerprint density at radius 3 is 3.21 bits per heavy atom. The van der Waals surface area contributed by atoms with Gasteiger partial charge >= 0.3 is 0 Å². The van der Waals surface area contributed by atoms with Gasteiger partial charge in [-0.3, -0.25) is 0 Å². The molecule has 2 heterocycles. The maximum Gasteiger partial charge on any atom is 0.157 e. The molecule has 0 aromatic carbocycles. The first-order valence-electron chi connectivity index (χ1n) is 4.31. The summed E-state index contributed by atoms with van der Waals surface area (Å²) in [4.78, 5) is 0. The van der Waals surface area contributed by atoms with Gasteiger partial charge in [0.1, 0.15) is 16.6 Å². The molecule has 0 spiro atoms. The predicted molar refractivity (Wildman–Crippen MR) is 54.1 cm³/mol. The number of nitrogen functional groups attached to an aromatic ring is 1. The normalized spacial score (nSPS) is 20.6. The number of rotatable bonds is 2. The number of ether oxygens (including phenoxy) is 1. The lowest BCUT2D eigenvalue weighted by molar-refractivity contribution is 0.195. The van der Waals surface area contributed by atoms with Crippen molar-refractivity contribution in [3.05, 3.63) is 5.56 Å². The molecule has 2 rings (SSSR count). The van der Waals surface area contributed by atoms with Crippen molar-refractivity contribution in [2.75, 3.05) is 24.3 Å². The maximum atomic E-state index is 8.83. The van der Waals surface area contributed by atoms with Crippen LogP contribution in [0.5, 0.6) is 0 Å². The molecule has 1 fully saturated rings. The van der Waals surface area contributed by atoms with E-state index in [0.29, 0.717) is 18.0 Å². The first kappa shape index (κ1) is 9.24. The Kier molecular flexibility index (Phi) is 2.52. The van der Waals surface area contributed by atoms with Crippen molar-refractivity contribution >= 4 is 22.4 Å². The van der Waals surface area contributed by atoms with Gasteiger partial charge in [0.25, 0.3) is 0 Å². The Labute approximate surface area is 85.6 Å². The topological polar surface area (TPSA) is 84.0 Å². The van der Waals surface area contributed by atoms with E-state index in [0.717, 1.165) is 18.0 Å². The molecule has 0 radical (unpaired) electrons. The Morgan fingerprint density at radius 1 is 1.71 bits per heavy atom. The third-order valence-electron chi connectivity index (χ3n) is 2.10. The minimum absolute atomic E-state index is 0.280. The van der Waals surface area contributed by atoms with Crippen molar-refractivity contribution < 1.29 is 4.74 Å². The second-order valence-electron chi connectivity index (χ2n) is 3.09. The van der Waals surface area contributed by atoms with E-state index in [1.807, 2.05) is 6.07 Å². The number of hydrogen-bond donors (Lipinski definition) is 2. The van der Waals surface area contributed by atoms with Gasteiger partial charge in [-0.2, -0.15) is 9.64 Å². The van der Waals surface area contributed by atoms with Crippen molar-refractivity contribution in [1.82, 2.24) is 4.37 Å². The van der Waals surface area contributed by atoms with Gasteiger partial charge in [0, 0.05) is 6.61 Å². The van der Waals surface area contributed by atoms with Crippen LogP contribution in [0.4, 0.5) is 10.8 Å². The van der Waals surface area contributed by atoms with Crippen LogP contribution >= 0.6 is 11.5 Å². The van der Waals surface area contributed by atoms with Crippen LogP contribution in [0.25, 0.3) is 0 Å². The Hall–Kier alpha value is -1.32. The molecule has 1 saturated heterocycles. The zero-order valence-electron chi connectivity index (χ0n) is 7.49. The number of hydrogen-bond acceptors (Lipinski definition) is 6. The van der Waals surface area contributed by atoms with E-state index < -0.39 is 0 Å². The molecule has 5 nitrogen and oxygen atoms in total. The van der Waals surface area contributed by atoms with E-state index in [9.17, 15) is 0 Å². The minimum atomic E-state index is 0.280. The summed E-state index contributed by atoms with van der Waals surface area (Å²) >= 11 is 1.22. The molecule has 74 valence electrons. The van der Waals surface area contributed by atoms with Gasteiger partial charge in [-0.25, -0.2) is 0 Å². The predicted octanol–water partition coefficient (Wildman–Crippen LogP) is 0.798. The van der Waals surface area contributed by atoms with Crippen LogP contribution in [0.1, 0.15) is 12.0 Å². The number of nitrogens with zero attached hydrogens (tertiary/aromatic N) is 2. The highest BCUT2D eigenvalue weighted by Gasteiger charge is 2.19. The smallest absolute Gasteiger partial charge is 0.157 e. The van der Waals surface area contributed by atoms with E-state index in [-0.39, 0.29) is 6.04 Å². The third-order valence-corrected chi connectivity index (χ3v) is 2.89. The van der Waals surface area contributed by atoms with E-state index in [4.69, 9.17) is 15.7 Å². The molecule has 1 aromatic heterocycles. The molecule has 0 aliphatic carbocycles. The molecule has 6 heteroatoms. The zero-order valence-corrected chi connectivity index (χ0v) is 8.30. The fraction of sp³-hybridized carbons (Fsp3) is 0.500. The maximum absolute atomic E-state index is 8.83. The van der Waals surface area contributed by atoms with Crippen molar-refractivity contribution in [3.8, 4) is 6.07 Å². The lowest BCUT2D eigenvalue weighted by Crippen LogP contribution is -2.18. The monoisotopic (exact) mass is 210 g/mol. The number of aromatic nitrogens is 1. The van der Waals surface area contributed by atoms with E-state index in [1.54, 1.807) is 0 Å². The van der Waals surface area contributed by atoms with Crippen molar-refractivity contribution in [1.29, 1.82) is 5.26 Å². The molecule has 1 unspecified atom stereocenters. The molecule has 3 N–H and O–H groups in total. The summed E-state index contributed by atoms with van der Waals surface area (Å²) < 4.78 is 9.14. The van der Waals surface area contributed by atoms with Gasteiger partial charge in [0.15, 0.2) is 5.82 Å². The zero-order chi connectivity index (χ0) is 9.97. The van der Waals surface area contributed by atoms with Crippen molar-refractivity contribution in [2.24, 2.45) is 0 Å². The summed E-state index contributed by atoms with van der Waals surface area (Å²) in [5.41, 5.74) is 5.98. The van der Waals surface area contributed by atoms with Crippen molar-refractivity contribution in [3.63, 3.8) is 0 Å². The number of anilines is 2. The van der Waals surface area contributed by atoms with Crippen LogP contribution in [0.3, 0.4) is 0 Å². The van der Waals surface area contributed by atoms with Gasteiger partial charge in [-0.15, -0.1) is 0 Å². The molecular formula is C8H10N4OS. The molecule has 1 aliphatic heterocycles. The fourth-order valence-electron chi connectivity index (χ4n) is 1.34. The molecule has 1 atom stereocenters. The summed E-state index contributed by atoms with van der Waals surface area (Å²) in [7, 11) is 0. The summed E-state index contributed by atoms with van der Waals surface area (Å²) in [5, 5.41) is 12.8. The standard InChI is InChI=1S/C8H10N4OS/c9-3-6-7(10)12-14-8(6)11-5-1-2-13-4-5/h5,11H,1-2,4H2,(H2,10,12). The molecule has 1 aliphatic rings. The first-order chi connectivity index (χ1) is 6.81. The molecule has 0 bridgehead atoms. The van der Waals surface area contributed by atoms with Crippen LogP contribution in [0.15, 0.2) is 0 Å². The van der Waals surface area contributed by atoms with E-state index >= 15 is 0 Å². The van der Waals surface area contributed by atoms with Gasteiger partial charge in [-0.1, -0.05) is 0 Å². The van der Waals surface area contributed by atoms with Crippen LogP contribution in [-0.4, -0.2) is 23.6 Å². The number of nitrogens with one attached hydrogen (secondary N) is 1. The molecule has 0 amide bonds. The average molecular weight is 210 g/mol. The summed E-state index contributed by atoms with van der Waals surface area (Å²) in [6, 6.07) is 2.32. The fourth-order valence-corrected chi connectivity index (χ4v) is 2.08. The Balaban J connectivity index is 2.12. The average Bonchev–Trinajstić information content (AvgIpc) is 2.77. The highest BCUT2D eigenvalue weighted by Crippen LogP contribution is 2.27. The molecular weight excluding hydrogens is 200 g/mol. The highest BCUT2D eigenvalue weighted by atomic mass is 32.1. The van der Waals surface area contributed by atoms with Gasteiger partial charge < -0.3 is 15.8 Å². The largest absolute Gasteiger partial charge is 0.382 e. The third kappa shape index (κ3) is 1.64. The Morgan fingerprint density at radius 2 is 2.57 bits per heavy atom. The van der Waals surface area contributed by atoms with Gasteiger partial charge in [0.2, 0.25) is 0 Å². The first-order valence-corrected chi connectivity index (χ1v) is 5.08. The van der Waals surface area contributed by atoms with Crippen LogP contribution in [-0.2, 0) is 4.74 Å². The number of nitrogens with two attached hydrogens (primary N) is 1.